The summed E-state index contributed by atoms with van der Waals surface area (Å²) in [5.74, 6) is -2.74. The van der Waals surface area contributed by atoms with Crippen LogP contribution in [-0.4, -0.2) is 72.1 Å². The van der Waals surface area contributed by atoms with Gasteiger partial charge in [0.2, 0.25) is 10.0 Å². The molecule has 0 radical (unpaired) electrons. The van der Waals surface area contributed by atoms with E-state index in [1.165, 1.54) is 6.07 Å². The molecule has 0 amide bonds. The molecular weight excluding hydrogens is 543 g/mol. The summed E-state index contributed by atoms with van der Waals surface area (Å²) < 4.78 is 127. The summed E-state index contributed by atoms with van der Waals surface area (Å²) in [4.78, 5) is 2.36. The minimum atomic E-state index is -4.84. The van der Waals surface area contributed by atoms with Gasteiger partial charge in [0.1, 0.15) is 34.2 Å². The molecule has 1 aromatic carbocycles. The number of β-amino-alcohol motifs (C(OH)–C–C–N with tert-alkyl or cyclic N) is 1. The van der Waals surface area contributed by atoms with E-state index in [0.29, 0.717) is 34.8 Å². The van der Waals surface area contributed by atoms with Gasteiger partial charge in [-0.2, -0.15) is 35.9 Å². The van der Waals surface area contributed by atoms with E-state index in [-0.39, 0.29) is 0 Å². The second-order valence-electron chi connectivity index (χ2n) is 7.84. The molecule has 2 aromatic rings. The average Bonchev–Trinajstić information content (AvgIpc) is 3.15. The van der Waals surface area contributed by atoms with Crippen molar-refractivity contribution in [3.8, 4) is 17.6 Å². The summed E-state index contributed by atoms with van der Waals surface area (Å²) in [5.41, 5.74) is -4.44. The van der Waals surface area contributed by atoms with E-state index < -0.39 is 93.9 Å². The number of alkyl halides is 6. The maximum Gasteiger partial charge on any atom is 0.433 e. The highest BCUT2D eigenvalue weighted by Crippen LogP contribution is 2.37. The van der Waals surface area contributed by atoms with Crippen LogP contribution in [0, 0.1) is 17.1 Å². The first-order chi connectivity index (χ1) is 17.0. The van der Waals surface area contributed by atoms with Crippen molar-refractivity contribution in [1.82, 2.24) is 9.29 Å². The monoisotopic (exact) mass is 559 g/mol. The number of ether oxygens (including phenoxy) is 2. The maximum atomic E-state index is 14.2. The number of hydrogen-bond acceptors (Lipinski definition) is 8. The third-order valence-corrected chi connectivity index (χ3v) is 6.97. The smallest absolute Gasteiger partial charge is 0.433 e. The lowest BCUT2D eigenvalue weighted by Gasteiger charge is -2.28. The normalized spacial score (nSPS) is 21.0. The Morgan fingerprint density at radius 3 is 2.38 bits per heavy atom. The van der Waals surface area contributed by atoms with E-state index >= 15 is 0 Å². The number of benzene rings is 1. The fourth-order valence-corrected chi connectivity index (χ4v) is 4.75. The zero-order chi connectivity index (χ0) is 27.8. The summed E-state index contributed by atoms with van der Waals surface area (Å²) in [6.45, 7) is -4.61. The van der Waals surface area contributed by atoms with E-state index in [4.69, 9.17) is 10.00 Å². The van der Waals surface area contributed by atoms with Crippen LogP contribution in [0.4, 0.5) is 30.7 Å². The topological polar surface area (TPSA) is 133 Å². The van der Waals surface area contributed by atoms with Crippen molar-refractivity contribution in [1.29, 1.82) is 5.26 Å². The van der Waals surface area contributed by atoms with Crippen LogP contribution in [0.2, 0.25) is 0 Å². The van der Waals surface area contributed by atoms with Crippen LogP contribution in [0.3, 0.4) is 0 Å². The Morgan fingerprint density at radius 1 is 1.19 bits per heavy atom. The molecule has 2 atom stereocenters. The summed E-state index contributed by atoms with van der Waals surface area (Å²) in [6, 6.07) is 3.52. The number of rotatable bonds is 7. The first kappa shape index (κ1) is 28.4. The van der Waals surface area contributed by atoms with E-state index in [1.807, 2.05) is 0 Å². The number of nitriles is 1. The van der Waals surface area contributed by atoms with E-state index in [0.717, 1.165) is 0 Å². The van der Waals surface area contributed by atoms with Crippen molar-refractivity contribution in [2.75, 3.05) is 26.3 Å². The first-order valence-corrected chi connectivity index (χ1v) is 11.4. The molecule has 0 spiro atoms. The summed E-state index contributed by atoms with van der Waals surface area (Å²) >= 11 is 0. The fraction of sp³-hybridized carbons (Fsp3) is 0.400. The summed E-state index contributed by atoms with van der Waals surface area (Å²) in [5, 5.41) is 29.4. The van der Waals surface area contributed by atoms with Gasteiger partial charge in [0, 0.05) is 24.9 Å². The Kier molecular flexibility index (Phi) is 7.61. The van der Waals surface area contributed by atoms with Gasteiger partial charge in [0.25, 0.3) is 0 Å². The number of aliphatic hydroxyl groups is 2. The lowest BCUT2D eigenvalue weighted by atomic mass is 10.0. The van der Waals surface area contributed by atoms with Gasteiger partial charge in [0.05, 0.1) is 18.7 Å². The Labute approximate surface area is 204 Å². The molecule has 1 fully saturated rings. The Morgan fingerprint density at radius 2 is 1.86 bits per heavy atom. The molecule has 1 saturated heterocycles. The van der Waals surface area contributed by atoms with Crippen molar-refractivity contribution >= 4 is 10.0 Å². The van der Waals surface area contributed by atoms with Crippen molar-refractivity contribution in [3.63, 3.8) is 0 Å². The van der Waals surface area contributed by atoms with Gasteiger partial charge >= 0.3 is 12.4 Å². The van der Waals surface area contributed by atoms with Crippen LogP contribution < -0.4 is 9.47 Å². The standard InChI is InChI=1S/C20H16F7N3O6S/c21-13-4-15(14(3-11(13)5-28)35-10-19(22,23)24)36-17-7-30(8-18(17,32)9-31)37(33,34)12-1-2-16(29-6-12)20(25,26)27/h1-4,6,17,31-32H,7-10H2/t17?,18-/m1/s1. The molecule has 0 bridgehead atoms. The quantitative estimate of drug-likeness (QED) is 0.494. The number of aliphatic hydroxyl groups excluding tert-OH is 1. The van der Waals surface area contributed by atoms with Gasteiger partial charge in [0.15, 0.2) is 18.1 Å². The van der Waals surface area contributed by atoms with E-state index in [1.54, 1.807) is 0 Å². The third kappa shape index (κ3) is 6.21. The Balaban J connectivity index is 1.92. The Hall–Kier alpha value is -3.20. The van der Waals surface area contributed by atoms with Crippen LogP contribution in [0.1, 0.15) is 11.3 Å². The van der Waals surface area contributed by atoms with Crippen molar-refractivity contribution in [3.05, 3.63) is 47.5 Å². The largest absolute Gasteiger partial charge is 0.482 e. The van der Waals surface area contributed by atoms with Crippen LogP contribution in [0.25, 0.3) is 0 Å². The zero-order valence-corrected chi connectivity index (χ0v) is 19.0. The SMILES string of the molecule is N#Cc1cc(OCC(F)(F)F)c(OC2CN(S(=O)(=O)c3ccc(C(F)(F)F)nc3)C[C@@]2(O)CO)cc1F. The van der Waals surface area contributed by atoms with Gasteiger partial charge in [-0.1, -0.05) is 0 Å². The van der Waals surface area contributed by atoms with Crippen LogP contribution in [0.15, 0.2) is 35.4 Å². The van der Waals surface area contributed by atoms with Crippen molar-refractivity contribution < 1.29 is 58.8 Å². The first-order valence-electron chi connectivity index (χ1n) is 9.96. The highest BCUT2D eigenvalue weighted by Gasteiger charge is 2.51. The molecule has 1 unspecified atom stereocenters. The molecule has 0 saturated carbocycles. The number of sulfonamides is 1. The molecule has 1 aliphatic heterocycles. The Bertz CT molecular complexity index is 1300. The molecule has 1 aromatic heterocycles. The van der Waals surface area contributed by atoms with Crippen LogP contribution in [-0.2, 0) is 16.2 Å². The molecule has 37 heavy (non-hydrogen) atoms. The predicted octanol–water partition coefficient (Wildman–Crippen LogP) is 2.23. The van der Waals surface area contributed by atoms with Gasteiger partial charge < -0.3 is 19.7 Å². The highest BCUT2D eigenvalue weighted by molar-refractivity contribution is 7.89. The molecule has 9 nitrogen and oxygen atoms in total. The summed E-state index contributed by atoms with van der Waals surface area (Å²) in [7, 11) is -4.61. The van der Waals surface area contributed by atoms with Gasteiger partial charge in [-0.3, -0.25) is 4.98 Å². The minimum absolute atomic E-state index is 0.416. The molecule has 202 valence electrons. The molecule has 0 aliphatic carbocycles. The molecule has 17 heteroatoms. The second-order valence-corrected chi connectivity index (χ2v) is 9.78. The van der Waals surface area contributed by atoms with Gasteiger partial charge in [-0.05, 0) is 12.1 Å². The fourth-order valence-electron chi connectivity index (χ4n) is 3.30. The molecule has 2 N–H and O–H groups in total. The van der Waals surface area contributed by atoms with Gasteiger partial charge in [-0.15, -0.1) is 0 Å². The predicted molar refractivity (Wildman–Crippen MR) is 107 cm³/mol. The molecule has 1 aliphatic rings. The number of halogens is 7. The average molecular weight is 559 g/mol. The molecular formula is C20H16F7N3O6S. The van der Waals surface area contributed by atoms with E-state index in [2.05, 4.69) is 9.72 Å². The molecule has 2 heterocycles. The number of hydrogen-bond donors (Lipinski definition) is 2. The second kappa shape index (κ2) is 9.93. The molecule has 3 rings (SSSR count). The van der Waals surface area contributed by atoms with Crippen LogP contribution in [0.5, 0.6) is 11.5 Å². The highest BCUT2D eigenvalue weighted by atomic mass is 32.2. The van der Waals surface area contributed by atoms with Crippen molar-refractivity contribution in [2.24, 2.45) is 0 Å². The number of aromatic nitrogens is 1. The third-order valence-electron chi connectivity index (χ3n) is 5.17. The minimum Gasteiger partial charge on any atom is -0.482 e. The lowest BCUT2D eigenvalue weighted by Crippen LogP contribution is -2.48. The van der Waals surface area contributed by atoms with Crippen molar-refractivity contribution in [2.45, 2.75) is 29.0 Å². The summed E-state index contributed by atoms with van der Waals surface area (Å²) in [6.07, 6.45) is -11.0. The van der Waals surface area contributed by atoms with Gasteiger partial charge in [-0.25, -0.2) is 12.8 Å². The zero-order valence-electron chi connectivity index (χ0n) is 18.2. The lowest BCUT2D eigenvalue weighted by molar-refractivity contribution is -0.153. The maximum absolute atomic E-state index is 14.2. The number of nitrogens with zero attached hydrogens (tertiary/aromatic N) is 3. The number of pyridine rings is 1. The van der Waals surface area contributed by atoms with E-state index in [9.17, 15) is 49.4 Å². The van der Waals surface area contributed by atoms with Crippen LogP contribution >= 0.6 is 0 Å².